The standard InChI is InChI=1S/C24H17NO5/c1-28-16-4-2-14(3-5-16)12-20-23(27)17-6-7-19-22(24(17)30-20)18(13-21(26)29-19)15-8-10-25-11-9-15/h2-12,18H,13H2,1H3/b20-12-/t18-/m0/s1. The number of carbonyl (C=O) groups excluding carboxylic acids is 2. The van der Waals surface area contributed by atoms with Gasteiger partial charge in [0, 0.05) is 23.9 Å². The molecule has 0 radical (unpaired) electrons. The van der Waals surface area contributed by atoms with Gasteiger partial charge >= 0.3 is 5.97 Å². The van der Waals surface area contributed by atoms with Crippen LogP contribution in [0.2, 0.25) is 0 Å². The number of esters is 1. The van der Waals surface area contributed by atoms with Crippen LogP contribution in [0.3, 0.4) is 0 Å². The third-order valence-electron chi connectivity index (χ3n) is 5.30. The summed E-state index contributed by atoms with van der Waals surface area (Å²) in [6, 6.07) is 14.4. The molecule has 2 aromatic carbocycles. The predicted molar refractivity (Wildman–Crippen MR) is 109 cm³/mol. The number of carbonyl (C=O) groups is 2. The Morgan fingerprint density at radius 3 is 2.50 bits per heavy atom. The first kappa shape index (κ1) is 18.1. The first-order valence-electron chi connectivity index (χ1n) is 9.50. The monoisotopic (exact) mass is 399 g/mol. The van der Waals surface area contributed by atoms with Gasteiger partial charge in [-0.15, -0.1) is 0 Å². The predicted octanol–water partition coefficient (Wildman–Crippen LogP) is 4.15. The molecule has 2 aliphatic heterocycles. The van der Waals surface area contributed by atoms with Crippen molar-refractivity contribution in [2.45, 2.75) is 12.3 Å². The molecule has 148 valence electrons. The lowest BCUT2D eigenvalue weighted by molar-refractivity contribution is -0.135. The lowest BCUT2D eigenvalue weighted by Crippen LogP contribution is -2.21. The summed E-state index contributed by atoms with van der Waals surface area (Å²) in [4.78, 5) is 29.2. The van der Waals surface area contributed by atoms with Crippen LogP contribution >= 0.6 is 0 Å². The van der Waals surface area contributed by atoms with Crippen molar-refractivity contribution in [1.29, 1.82) is 0 Å². The zero-order chi connectivity index (χ0) is 20.7. The number of fused-ring (bicyclic) bond motifs is 3. The highest BCUT2D eigenvalue weighted by Crippen LogP contribution is 2.48. The Kier molecular flexibility index (Phi) is 4.32. The van der Waals surface area contributed by atoms with Crippen molar-refractivity contribution < 1.29 is 23.8 Å². The summed E-state index contributed by atoms with van der Waals surface area (Å²) >= 11 is 0. The molecule has 0 spiro atoms. The van der Waals surface area contributed by atoms with Gasteiger partial charge in [0.05, 0.1) is 19.1 Å². The number of Topliss-reactive ketones (excluding diaryl/α,β-unsaturated/α-hetero) is 1. The fourth-order valence-corrected chi connectivity index (χ4v) is 3.84. The average Bonchev–Trinajstić information content (AvgIpc) is 3.09. The van der Waals surface area contributed by atoms with Gasteiger partial charge < -0.3 is 14.2 Å². The van der Waals surface area contributed by atoms with Crippen LogP contribution in [0.15, 0.2) is 66.7 Å². The number of ether oxygens (including phenoxy) is 3. The third-order valence-corrected chi connectivity index (χ3v) is 5.30. The van der Waals surface area contributed by atoms with Gasteiger partial charge in [-0.1, -0.05) is 12.1 Å². The molecule has 3 aromatic rings. The lowest BCUT2D eigenvalue weighted by Gasteiger charge is -2.26. The molecule has 1 atom stereocenters. The summed E-state index contributed by atoms with van der Waals surface area (Å²) in [5.74, 6) is 1.05. The van der Waals surface area contributed by atoms with E-state index in [0.717, 1.165) is 16.9 Å². The van der Waals surface area contributed by atoms with Crippen LogP contribution in [-0.2, 0) is 4.79 Å². The van der Waals surface area contributed by atoms with Crippen molar-refractivity contribution in [3.63, 3.8) is 0 Å². The second kappa shape index (κ2) is 7.15. The number of benzene rings is 2. The maximum Gasteiger partial charge on any atom is 0.312 e. The molecule has 0 N–H and O–H groups in total. The molecule has 1 aromatic heterocycles. The van der Waals surface area contributed by atoms with E-state index in [2.05, 4.69) is 4.98 Å². The minimum absolute atomic E-state index is 0.169. The summed E-state index contributed by atoms with van der Waals surface area (Å²) in [5, 5.41) is 0. The number of aromatic nitrogens is 1. The van der Waals surface area contributed by atoms with Crippen LogP contribution in [0.25, 0.3) is 6.08 Å². The van der Waals surface area contributed by atoms with Gasteiger partial charge in [-0.05, 0) is 53.6 Å². The Balaban J connectivity index is 1.58. The average molecular weight is 399 g/mol. The topological polar surface area (TPSA) is 74.7 Å². The minimum atomic E-state index is -0.317. The van der Waals surface area contributed by atoms with Gasteiger partial charge in [0.15, 0.2) is 5.76 Å². The summed E-state index contributed by atoms with van der Waals surface area (Å²) in [6.45, 7) is 0. The van der Waals surface area contributed by atoms with Crippen molar-refractivity contribution >= 4 is 17.8 Å². The molecule has 30 heavy (non-hydrogen) atoms. The maximum absolute atomic E-state index is 13.0. The Hall–Kier alpha value is -3.93. The Morgan fingerprint density at radius 1 is 1.00 bits per heavy atom. The van der Waals surface area contributed by atoms with Crippen molar-refractivity contribution in [2.75, 3.05) is 7.11 Å². The number of hydrogen-bond donors (Lipinski definition) is 0. The van der Waals surface area contributed by atoms with Crippen LogP contribution in [0, 0.1) is 0 Å². The molecule has 0 aliphatic carbocycles. The van der Waals surface area contributed by atoms with Gasteiger partial charge in [-0.25, -0.2) is 0 Å². The second-order valence-corrected chi connectivity index (χ2v) is 7.08. The number of nitrogens with zero attached hydrogens (tertiary/aromatic N) is 1. The first-order valence-corrected chi connectivity index (χ1v) is 9.50. The Morgan fingerprint density at radius 2 is 1.77 bits per heavy atom. The first-order chi connectivity index (χ1) is 14.6. The molecule has 0 amide bonds. The maximum atomic E-state index is 13.0. The summed E-state index contributed by atoms with van der Waals surface area (Å²) in [5.41, 5.74) is 2.91. The van der Waals surface area contributed by atoms with Gasteiger partial charge in [0.25, 0.3) is 0 Å². The van der Waals surface area contributed by atoms with E-state index >= 15 is 0 Å². The Labute approximate surface area is 172 Å². The molecule has 0 unspecified atom stereocenters. The minimum Gasteiger partial charge on any atom is -0.497 e. The molecule has 2 aliphatic rings. The number of ketones is 1. The summed E-state index contributed by atoms with van der Waals surface area (Å²) in [7, 11) is 1.60. The van der Waals surface area contributed by atoms with Crippen LogP contribution in [0.5, 0.6) is 17.2 Å². The van der Waals surface area contributed by atoms with Gasteiger partial charge in [0.1, 0.15) is 17.2 Å². The zero-order valence-corrected chi connectivity index (χ0v) is 16.1. The molecule has 3 heterocycles. The smallest absolute Gasteiger partial charge is 0.312 e. The molecule has 6 heteroatoms. The van der Waals surface area contributed by atoms with Crippen molar-refractivity contribution in [2.24, 2.45) is 0 Å². The van der Waals surface area contributed by atoms with E-state index in [1.54, 1.807) is 37.7 Å². The number of allylic oxidation sites excluding steroid dienone is 1. The second-order valence-electron chi connectivity index (χ2n) is 7.08. The quantitative estimate of drug-likeness (QED) is 0.374. The van der Waals surface area contributed by atoms with E-state index in [-0.39, 0.29) is 29.9 Å². The van der Waals surface area contributed by atoms with Crippen molar-refractivity contribution in [3.05, 3.63) is 88.9 Å². The highest BCUT2D eigenvalue weighted by Gasteiger charge is 2.38. The molecule has 0 fully saturated rings. The number of methoxy groups -OCH3 is 1. The van der Waals surface area contributed by atoms with Gasteiger partial charge in [-0.2, -0.15) is 0 Å². The van der Waals surface area contributed by atoms with E-state index in [4.69, 9.17) is 14.2 Å². The summed E-state index contributed by atoms with van der Waals surface area (Å²) in [6.07, 6.45) is 5.23. The molecular formula is C24H17NO5. The SMILES string of the molecule is COc1ccc(/C=C2\Oc3c(ccc4c3[C@H](c3ccncc3)CC(=O)O4)C2=O)cc1. The lowest BCUT2D eigenvalue weighted by atomic mass is 9.85. The number of pyridine rings is 1. The van der Waals surface area contributed by atoms with Crippen LogP contribution < -0.4 is 14.2 Å². The summed E-state index contributed by atoms with van der Waals surface area (Å²) < 4.78 is 16.7. The molecular weight excluding hydrogens is 382 g/mol. The molecule has 0 saturated carbocycles. The van der Waals surface area contributed by atoms with E-state index in [0.29, 0.717) is 22.6 Å². The largest absolute Gasteiger partial charge is 0.497 e. The number of rotatable bonds is 3. The molecule has 0 bridgehead atoms. The fraction of sp³-hybridized carbons (Fsp3) is 0.125. The van der Waals surface area contributed by atoms with Crippen molar-refractivity contribution in [3.8, 4) is 17.2 Å². The van der Waals surface area contributed by atoms with E-state index in [9.17, 15) is 9.59 Å². The van der Waals surface area contributed by atoms with Crippen LogP contribution in [0.1, 0.15) is 39.4 Å². The molecule has 0 saturated heterocycles. The molecule has 6 nitrogen and oxygen atoms in total. The van der Waals surface area contributed by atoms with E-state index in [1.165, 1.54) is 0 Å². The Bertz CT molecular complexity index is 1180. The highest BCUT2D eigenvalue weighted by atomic mass is 16.5. The number of hydrogen-bond acceptors (Lipinski definition) is 6. The van der Waals surface area contributed by atoms with Crippen LogP contribution in [-0.4, -0.2) is 23.8 Å². The van der Waals surface area contributed by atoms with Gasteiger partial charge in [0.2, 0.25) is 5.78 Å². The van der Waals surface area contributed by atoms with E-state index < -0.39 is 0 Å². The fourth-order valence-electron chi connectivity index (χ4n) is 3.84. The normalized spacial score (nSPS) is 18.4. The van der Waals surface area contributed by atoms with Crippen LogP contribution in [0.4, 0.5) is 0 Å². The zero-order valence-electron chi connectivity index (χ0n) is 16.1. The van der Waals surface area contributed by atoms with Crippen molar-refractivity contribution in [1.82, 2.24) is 4.98 Å². The third kappa shape index (κ3) is 3.03. The van der Waals surface area contributed by atoms with E-state index in [1.807, 2.05) is 36.4 Å². The molecule has 5 rings (SSSR count). The highest BCUT2D eigenvalue weighted by molar-refractivity contribution is 6.15. The van der Waals surface area contributed by atoms with Gasteiger partial charge in [-0.3, -0.25) is 14.6 Å².